The molecule has 0 N–H and O–H groups in total. The summed E-state index contributed by atoms with van der Waals surface area (Å²) in [7, 11) is 1.90. The van der Waals surface area contributed by atoms with Crippen LogP contribution in [0.25, 0.3) is 11.0 Å². The van der Waals surface area contributed by atoms with Crippen molar-refractivity contribution in [1.82, 2.24) is 0 Å². The van der Waals surface area contributed by atoms with E-state index in [0.29, 0.717) is 18.7 Å². The van der Waals surface area contributed by atoms with E-state index in [4.69, 9.17) is 9.15 Å². The zero-order valence-corrected chi connectivity index (χ0v) is 13.4. The lowest BCUT2D eigenvalue weighted by molar-refractivity contribution is 0.370. The first-order chi connectivity index (χ1) is 11.7. The first-order valence-electron chi connectivity index (χ1n) is 7.61. The molecule has 0 aliphatic rings. The Morgan fingerprint density at radius 2 is 1.79 bits per heavy atom. The number of ether oxygens (including phenoxy) is 1. The lowest BCUT2D eigenvalue weighted by atomic mass is 10.2. The SMILES string of the molecule is CN(CC#CCOc1ccccc1)c1cc(=O)oc2ccccc12. The highest BCUT2D eigenvalue weighted by Crippen LogP contribution is 2.23. The van der Waals surface area contributed by atoms with Crippen molar-refractivity contribution in [2.24, 2.45) is 0 Å². The largest absolute Gasteiger partial charge is 0.481 e. The van der Waals surface area contributed by atoms with Crippen molar-refractivity contribution >= 4 is 16.7 Å². The van der Waals surface area contributed by atoms with E-state index < -0.39 is 0 Å². The average Bonchev–Trinajstić information content (AvgIpc) is 2.61. The molecule has 0 atom stereocenters. The number of para-hydroxylation sites is 2. The number of hydrogen-bond donors (Lipinski definition) is 0. The maximum atomic E-state index is 11.7. The molecule has 2 aromatic carbocycles. The monoisotopic (exact) mass is 319 g/mol. The van der Waals surface area contributed by atoms with Crippen molar-refractivity contribution < 1.29 is 9.15 Å². The number of benzene rings is 2. The highest BCUT2D eigenvalue weighted by Gasteiger charge is 2.08. The Hall–Kier alpha value is -3.19. The normalized spacial score (nSPS) is 10.0. The molecular weight excluding hydrogens is 302 g/mol. The van der Waals surface area contributed by atoms with Crippen molar-refractivity contribution in [3.63, 3.8) is 0 Å². The lowest BCUT2D eigenvalue weighted by Crippen LogP contribution is -2.19. The van der Waals surface area contributed by atoms with Gasteiger partial charge in [0.25, 0.3) is 0 Å². The molecule has 0 bridgehead atoms. The third-order valence-electron chi connectivity index (χ3n) is 3.53. The Bertz CT molecular complexity index is 935. The van der Waals surface area contributed by atoms with Crippen LogP contribution >= 0.6 is 0 Å². The van der Waals surface area contributed by atoms with Gasteiger partial charge < -0.3 is 14.1 Å². The highest BCUT2D eigenvalue weighted by molar-refractivity contribution is 5.90. The average molecular weight is 319 g/mol. The van der Waals surface area contributed by atoms with Crippen LogP contribution in [0, 0.1) is 11.8 Å². The standard InChI is InChI=1S/C20H17NO3/c1-21(13-7-8-14-23-16-9-3-2-4-10-16)18-15-20(22)24-19-12-6-5-11-17(18)19/h2-6,9-12,15H,13-14H2,1H3. The second-order valence-electron chi connectivity index (χ2n) is 5.26. The zero-order chi connectivity index (χ0) is 16.8. The third-order valence-corrected chi connectivity index (χ3v) is 3.53. The van der Waals surface area contributed by atoms with Crippen molar-refractivity contribution in [3.05, 3.63) is 71.1 Å². The topological polar surface area (TPSA) is 42.7 Å². The Morgan fingerprint density at radius 3 is 2.62 bits per heavy atom. The molecule has 0 unspecified atom stereocenters. The minimum atomic E-state index is -0.365. The summed E-state index contributed by atoms with van der Waals surface area (Å²) in [6.45, 7) is 0.821. The van der Waals surface area contributed by atoms with Gasteiger partial charge in [0, 0.05) is 18.5 Å². The summed E-state index contributed by atoms with van der Waals surface area (Å²) in [5, 5.41) is 0.891. The quantitative estimate of drug-likeness (QED) is 0.546. The van der Waals surface area contributed by atoms with Gasteiger partial charge in [-0.1, -0.05) is 42.2 Å². The van der Waals surface area contributed by atoms with E-state index in [2.05, 4.69) is 11.8 Å². The summed E-state index contributed by atoms with van der Waals surface area (Å²) in [6, 6.07) is 18.5. The molecule has 3 aromatic rings. The first kappa shape index (κ1) is 15.7. The van der Waals surface area contributed by atoms with Gasteiger partial charge in [-0.2, -0.15) is 0 Å². The summed E-state index contributed by atoms with van der Waals surface area (Å²) in [4.78, 5) is 13.6. The molecule has 120 valence electrons. The van der Waals surface area contributed by atoms with Gasteiger partial charge in [0.15, 0.2) is 0 Å². The maximum Gasteiger partial charge on any atom is 0.338 e. The molecule has 1 aromatic heterocycles. The Kier molecular flexibility index (Phi) is 4.83. The van der Waals surface area contributed by atoms with E-state index in [-0.39, 0.29) is 5.63 Å². The molecule has 0 amide bonds. The molecule has 0 aliphatic carbocycles. The maximum absolute atomic E-state index is 11.7. The van der Waals surface area contributed by atoms with Crippen LogP contribution in [0.4, 0.5) is 5.69 Å². The molecule has 0 fully saturated rings. The third kappa shape index (κ3) is 3.76. The van der Waals surface area contributed by atoms with Gasteiger partial charge in [-0.3, -0.25) is 0 Å². The van der Waals surface area contributed by atoms with Gasteiger partial charge in [0.05, 0.1) is 12.2 Å². The van der Waals surface area contributed by atoms with Crippen LogP contribution < -0.4 is 15.3 Å². The Labute approximate surface area is 140 Å². The first-order valence-corrected chi connectivity index (χ1v) is 7.61. The van der Waals surface area contributed by atoms with Crippen molar-refractivity contribution in [2.45, 2.75) is 0 Å². The lowest BCUT2D eigenvalue weighted by Gasteiger charge is -2.17. The Morgan fingerprint density at radius 1 is 1.04 bits per heavy atom. The predicted molar refractivity (Wildman–Crippen MR) is 95.5 cm³/mol. The summed E-state index contributed by atoms with van der Waals surface area (Å²) >= 11 is 0. The molecule has 0 spiro atoms. The second kappa shape index (κ2) is 7.38. The van der Waals surface area contributed by atoms with Crippen LogP contribution in [0.1, 0.15) is 0 Å². The van der Waals surface area contributed by atoms with Gasteiger partial charge >= 0.3 is 5.63 Å². The predicted octanol–water partition coefficient (Wildman–Crippen LogP) is 3.31. The summed E-state index contributed by atoms with van der Waals surface area (Å²) in [6.07, 6.45) is 0. The fourth-order valence-electron chi connectivity index (χ4n) is 2.36. The number of nitrogens with zero attached hydrogens (tertiary/aromatic N) is 1. The molecule has 3 rings (SSSR count). The van der Waals surface area contributed by atoms with Gasteiger partial charge in [-0.15, -0.1) is 0 Å². The minimum absolute atomic E-state index is 0.329. The fraction of sp³-hybridized carbons (Fsp3) is 0.150. The molecular formula is C20H17NO3. The number of fused-ring (bicyclic) bond motifs is 1. The number of rotatable bonds is 4. The van der Waals surface area contributed by atoms with Crippen molar-refractivity contribution in [2.75, 3.05) is 25.1 Å². The van der Waals surface area contributed by atoms with Crippen LogP contribution in [-0.2, 0) is 0 Å². The van der Waals surface area contributed by atoms with Crippen LogP contribution in [-0.4, -0.2) is 20.2 Å². The van der Waals surface area contributed by atoms with Gasteiger partial charge in [-0.05, 0) is 24.3 Å². The molecule has 1 heterocycles. The number of anilines is 1. The smallest absolute Gasteiger partial charge is 0.338 e. The van der Waals surface area contributed by atoms with Crippen LogP contribution in [0.5, 0.6) is 5.75 Å². The van der Waals surface area contributed by atoms with Gasteiger partial charge in [0.2, 0.25) is 0 Å². The molecule has 4 nitrogen and oxygen atoms in total. The summed E-state index contributed by atoms with van der Waals surface area (Å²) in [5.41, 5.74) is 1.02. The molecule has 0 saturated carbocycles. The van der Waals surface area contributed by atoms with Gasteiger partial charge in [-0.25, -0.2) is 4.79 Å². The van der Waals surface area contributed by atoms with E-state index in [1.54, 1.807) is 6.07 Å². The zero-order valence-electron chi connectivity index (χ0n) is 13.4. The van der Waals surface area contributed by atoms with Crippen molar-refractivity contribution in [3.8, 4) is 17.6 Å². The van der Waals surface area contributed by atoms with Crippen LogP contribution in [0.15, 0.2) is 69.9 Å². The van der Waals surface area contributed by atoms with Gasteiger partial charge in [0.1, 0.15) is 17.9 Å². The van der Waals surface area contributed by atoms with E-state index in [1.807, 2.05) is 60.5 Å². The summed E-state index contributed by atoms with van der Waals surface area (Å²) < 4.78 is 10.7. The van der Waals surface area contributed by atoms with Crippen LogP contribution in [0.3, 0.4) is 0 Å². The van der Waals surface area contributed by atoms with E-state index >= 15 is 0 Å². The fourth-order valence-corrected chi connectivity index (χ4v) is 2.36. The number of hydrogen-bond acceptors (Lipinski definition) is 4. The summed E-state index contributed by atoms with van der Waals surface area (Å²) in [5.74, 6) is 6.84. The highest BCUT2D eigenvalue weighted by atomic mass is 16.5. The van der Waals surface area contributed by atoms with E-state index in [0.717, 1.165) is 16.8 Å². The molecule has 0 radical (unpaired) electrons. The second-order valence-corrected chi connectivity index (χ2v) is 5.26. The molecule has 0 aliphatic heterocycles. The van der Waals surface area contributed by atoms with Crippen LogP contribution in [0.2, 0.25) is 0 Å². The minimum Gasteiger partial charge on any atom is -0.481 e. The van der Waals surface area contributed by atoms with E-state index in [9.17, 15) is 4.79 Å². The molecule has 0 saturated heterocycles. The molecule has 4 heteroatoms. The van der Waals surface area contributed by atoms with E-state index in [1.165, 1.54) is 6.07 Å². The molecule has 24 heavy (non-hydrogen) atoms. The Balaban J connectivity index is 1.67. The van der Waals surface area contributed by atoms with Crippen molar-refractivity contribution in [1.29, 1.82) is 0 Å².